The van der Waals surface area contributed by atoms with Crippen LogP contribution < -0.4 is 5.32 Å². The van der Waals surface area contributed by atoms with Gasteiger partial charge in [-0.25, -0.2) is 13.4 Å². The molecule has 102 valence electrons. The van der Waals surface area contributed by atoms with Gasteiger partial charge in [0.25, 0.3) is 0 Å². The average molecular weight is 271 g/mol. The Kier molecular flexibility index (Phi) is 3.66. The fourth-order valence-electron chi connectivity index (χ4n) is 2.38. The third kappa shape index (κ3) is 3.04. The van der Waals surface area contributed by atoms with E-state index in [1.54, 1.807) is 0 Å². The van der Waals surface area contributed by atoms with Crippen LogP contribution in [0.1, 0.15) is 38.4 Å². The molecule has 0 aromatic carbocycles. The van der Waals surface area contributed by atoms with Gasteiger partial charge in [0, 0.05) is 12.2 Å². The van der Waals surface area contributed by atoms with Crippen molar-refractivity contribution >= 4 is 15.8 Å². The maximum absolute atomic E-state index is 11.7. The normalized spacial score (nSPS) is 23.2. The number of sulfone groups is 1. The van der Waals surface area contributed by atoms with Crippen LogP contribution in [0, 0.1) is 6.92 Å². The Hall–Kier alpha value is -1.04. The number of aromatic nitrogens is 2. The van der Waals surface area contributed by atoms with Crippen LogP contribution in [-0.4, -0.2) is 35.5 Å². The highest BCUT2D eigenvalue weighted by Gasteiger charge is 2.27. The maximum atomic E-state index is 11.7. The largest absolute Gasteiger partial charge is 0.353 e. The molecule has 1 aromatic heterocycles. The molecule has 1 saturated heterocycles. The Morgan fingerprint density at radius 2 is 2.22 bits per heavy atom. The van der Waals surface area contributed by atoms with E-state index in [0.29, 0.717) is 5.75 Å². The summed E-state index contributed by atoms with van der Waals surface area (Å²) in [5.74, 6) is 1.34. The zero-order valence-electron chi connectivity index (χ0n) is 11.2. The van der Waals surface area contributed by atoms with Gasteiger partial charge in [-0.2, -0.15) is 0 Å². The van der Waals surface area contributed by atoms with Gasteiger partial charge < -0.3 is 9.88 Å². The fourth-order valence-corrected chi connectivity index (χ4v) is 4.06. The molecule has 0 amide bonds. The number of hydrogen-bond donors (Lipinski definition) is 1. The second kappa shape index (κ2) is 4.91. The van der Waals surface area contributed by atoms with Gasteiger partial charge in [-0.05, 0) is 33.6 Å². The standard InChI is InChI=1S/C12H21N3O2S/c1-9(2)13-12-14-10(3)7-15(12)11-5-4-6-18(16,17)8-11/h7,9,11H,4-6,8H2,1-3H3,(H,13,14). The van der Waals surface area contributed by atoms with Crippen molar-refractivity contribution in [2.45, 2.75) is 45.7 Å². The molecule has 6 heteroatoms. The first-order chi connectivity index (χ1) is 8.37. The third-order valence-electron chi connectivity index (χ3n) is 3.10. The molecule has 5 nitrogen and oxygen atoms in total. The van der Waals surface area contributed by atoms with Gasteiger partial charge in [-0.15, -0.1) is 0 Å². The minimum absolute atomic E-state index is 0.0196. The van der Waals surface area contributed by atoms with Crippen molar-refractivity contribution < 1.29 is 8.42 Å². The number of hydrogen-bond acceptors (Lipinski definition) is 4. The molecule has 0 bridgehead atoms. The number of nitrogens with zero attached hydrogens (tertiary/aromatic N) is 2. The van der Waals surface area contributed by atoms with E-state index in [4.69, 9.17) is 0 Å². The molecule has 0 radical (unpaired) electrons. The molecule has 0 saturated carbocycles. The van der Waals surface area contributed by atoms with Gasteiger partial charge in [0.1, 0.15) is 0 Å². The van der Waals surface area contributed by atoms with Crippen molar-refractivity contribution in [2.75, 3.05) is 16.8 Å². The molecule has 1 unspecified atom stereocenters. The lowest BCUT2D eigenvalue weighted by Gasteiger charge is -2.25. The first-order valence-electron chi connectivity index (χ1n) is 6.40. The van der Waals surface area contributed by atoms with E-state index in [0.717, 1.165) is 24.5 Å². The highest BCUT2D eigenvalue weighted by molar-refractivity contribution is 7.91. The van der Waals surface area contributed by atoms with Gasteiger partial charge in [-0.1, -0.05) is 0 Å². The molecule has 1 N–H and O–H groups in total. The summed E-state index contributed by atoms with van der Waals surface area (Å²) in [6.45, 7) is 6.03. The molecule has 1 fully saturated rings. The van der Waals surface area contributed by atoms with Crippen molar-refractivity contribution in [3.8, 4) is 0 Å². The summed E-state index contributed by atoms with van der Waals surface area (Å²) in [7, 11) is -2.89. The molecule has 1 aromatic rings. The lowest BCUT2D eigenvalue weighted by Crippen LogP contribution is -2.28. The van der Waals surface area contributed by atoms with E-state index in [-0.39, 0.29) is 17.8 Å². The van der Waals surface area contributed by atoms with Crippen molar-refractivity contribution in [1.82, 2.24) is 9.55 Å². The van der Waals surface area contributed by atoms with Crippen LogP contribution in [0.5, 0.6) is 0 Å². The second-order valence-electron chi connectivity index (χ2n) is 5.32. The molecule has 0 aliphatic carbocycles. The summed E-state index contributed by atoms with van der Waals surface area (Å²) in [4.78, 5) is 4.43. The monoisotopic (exact) mass is 271 g/mol. The first kappa shape index (κ1) is 13.4. The van der Waals surface area contributed by atoms with Crippen molar-refractivity contribution in [3.63, 3.8) is 0 Å². The summed E-state index contributed by atoms with van der Waals surface area (Å²) in [6.07, 6.45) is 3.59. The summed E-state index contributed by atoms with van der Waals surface area (Å²) in [5.41, 5.74) is 0.918. The van der Waals surface area contributed by atoms with Gasteiger partial charge in [-0.3, -0.25) is 0 Å². The van der Waals surface area contributed by atoms with E-state index in [1.165, 1.54) is 0 Å². The Balaban J connectivity index is 2.26. The van der Waals surface area contributed by atoms with Gasteiger partial charge in [0.15, 0.2) is 9.84 Å². The minimum Gasteiger partial charge on any atom is -0.353 e. The Morgan fingerprint density at radius 1 is 1.50 bits per heavy atom. The highest BCUT2D eigenvalue weighted by atomic mass is 32.2. The third-order valence-corrected chi connectivity index (χ3v) is 4.91. The SMILES string of the molecule is Cc1cn(C2CCCS(=O)(=O)C2)c(NC(C)C)n1. The number of nitrogens with one attached hydrogen (secondary N) is 1. The van der Waals surface area contributed by atoms with E-state index < -0.39 is 9.84 Å². The fraction of sp³-hybridized carbons (Fsp3) is 0.750. The zero-order valence-corrected chi connectivity index (χ0v) is 12.0. The van der Waals surface area contributed by atoms with E-state index in [2.05, 4.69) is 10.3 Å². The number of anilines is 1. The summed E-state index contributed by atoms with van der Waals surface area (Å²) in [6, 6.07) is 0.303. The quantitative estimate of drug-likeness (QED) is 0.910. The molecular weight excluding hydrogens is 250 g/mol. The predicted octanol–water partition coefficient (Wildman–Crippen LogP) is 1.76. The van der Waals surface area contributed by atoms with E-state index >= 15 is 0 Å². The lowest BCUT2D eigenvalue weighted by atomic mass is 10.2. The molecule has 2 rings (SSSR count). The summed E-state index contributed by atoms with van der Waals surface area (Å²) in [5, 5.41) is 3.28. The highest BCUT2D eigenvalue weighted by Crippen LogP contribution is 2.27. The van der Waals surface area contributed by atoms with Gasteiger partial charge >= 0.3 is 0 Å². The zero-order chi connectivity index (χ0) is 13.3. The Bertz CT molecular complexity index is 519. The van der Waals surface area contributed by atoms with Crippen LogP contribution in [-0.2, 0) is 9.84 Å². The summed E-state index contributed by atoms with van der Waals surface area (Å²) >= 11 is 0. The smallest absolute Gasteiger partial charge is 0.203 e. The van der Waals surface area contributed by atoms with E-state index in [9.17, 15) is 8.42 Å². The predicted molar refractivity (Wildman–Crippen MR) is 72.6 cm³/mol. The van der Waals surface area contributed by atoms with Crippen LogP contribution in [0.3, 0.4) is 0 Å². The number of aryl methyl sites for hydroxylation is 1. The second-order valence-corrected chi connectivity index (χ2v) is 7.55. The first-order valence-corrected chi connectivity index (χ1v) is 8.22. The van der Waals surface area contributed by atoms with Crippen LogP contribution in [0.2, 0.25) is 0 Å². The Morgan fingerprint density at radius 3 is 2.83 bits per heavy atom. The van der Waals surface area contributed by atoms with Crippen molar-refractivity contribution in [3.05, 3.63) is 11.9 Å². The average Bonchev–Trinajstić information content (AvgIpc) is 2.57. The summed E-state index contributed by atoms with van der Waals surface area (Å²) < 4.78 is 25.4. The Labute approximate surface area is 109 Å². The topological polar surface area (TPSA) is 64.0 Å². The molecular formula is C12H21N3O2S. The van der Waals surface area contributed by atoms with Crippen LogP contribution in [0.25, 0.3) is 0 Å². The van der Waals surface area contributed by atoms with E-state index in [1.807, 2.05) is 31.5 Å². The molecule has 1 aliphatic rings. The maximum Gasteiger partial charge on any atom is 0.203 e. The van der Waals surface area contributed by atoms with Crippen molar-refractivity contribution in [1.29, 1.82) is 0 Å². The molecule has 1 aliphatic heterocycles. The van der Waals surface area contributed by atoms with Crippen molar-refractivity contribution in [2.24, 2.45) is 0 Å². The molecule has 18 heavy (non-hydrogen) atoms. The number of imidazole rings is 1. The molecule has 1 atom stereocenters. The van der Waals surface area contributed by atoms with Gasteiger partial charge in [0.2, 0.25) is 5.95 Å². The number of rotatable bonds is 3. The molecule has 2 heterocycles. The van der Waals surface area contributed by atoms with Crippen LogP contribution in [0.15, 0.2) is 6.20 Å². The van der Waals surface area contributed by atoms with Crippen LogP contribution >= 0.6 is 0 Å². The minimum atomic E-state index is -2.89. The molecule has 0 spiro atoms. The van der Waals surface area contributed by atoms with Crippen LogP contribution in [0.4, 0.5) is 5.95 Å². The van der Waals surface area contributed by atoms with Gasteiger partial charge in [0.05, 0.1) is 23.2 Å². The lowest BCUT2D eigenvalue weighted by molar-refractivity contribution is 0.472.